The van der Waals surface area contributed by atoms with E-state index in [2.05, 4.69) is 5.32 Å². The maximum atomic E-state index is 12.3. The molecule has 0 aliphatic carbocycles. The Bertz CT molecular complexity index is 722. The number of hydrogen-bond donors (Lipinski definition) is 1. The summed E-state index contributed by atoms with van der Waals surface area (Å²) < 4.78 is 24.5. The second kappa shape index (κ2) is 7.56. The fourth-order valence-electron chi connectivity index (χ4n) is 2.15. The van der Waals surface area contributed by atoms with Crippen molar-refractivity contribution in [2.24, 2.45) is 0 Å². The molecular formula is C16H19NO3S2. The zero-order valence-corrected chi connectivity index (χ0v) is 14.0. The lowest BCUT2D eigenvalue weighted by molar-refractivity contribution is 0.0951. The number of carbonyl (C=O) groups excluding carboxylic acids is 1. The molecule has 1 aromatic carbocycles. The Hall–Kier alpha value is -1.66. The van der Waals surface area contributed by atoms with Crippen LogP contribution in [0.15, 0.2) is 46.0 Å². The molecule has 1 aromatic heterocycles. The van der Waals surface area contributed by atoms with Crippen LogP contribution in [-0.4, -0.2) is 26.6 Å². The fraction of sp³-hybridized carbons (Fsp3) is 0.312. The highest BCUT2D eigenvalue weighted by Crippen LogP contribution is 2.17. The van der Waals surface area contributed by atoms with Crippen molar-refractivity contribution in [2.75, 3.05) is 12.3 Å². The number of carbonyl (C=O) groups is 1. The standard InChI is InChI=1S/C16H19NO3S2/c1-2-11-22(19,20)15-6-4-3-5-14(15)16(18)17-9-7-13-8-10-21-12-13/h3-6,8,10,12H,2,7,9,11H2,1H3,(H,17,18). The highest BCUT2D eigenvalue weighted by Gasteiger charge is 2.21. The van der Waals surface area contributed by atoms with Crippen molar-refractivity contribution in [1.29, 1.82) is 0 Å². The summed E-state index contributed by atoms with van der Waals surface area (Å²) in [6.07, 6.45) is 1.26. The lowest BCUT2D eigenvalue weighted by atomic mass is 10.2. The fourth-order valence-corrected chi connectivity index (χ4v) is 4.40. The van der Waals surface area contributed by atoms with Crippen molar-refractivity contribution in [1.82, 2.24) is 5.32 Å². The van der Waals surface area contributed by atoms with E-state index in [0.29, 0.717) is 13.0 Å². The average Bonchev–Trinajstić information content (AvgIpc) is 3.00. The minimum Gasteiger partial charge on any atom is -0.352 e. The second-order valence-electron chi connectivity index (χ2n) is 4.95. The molecule has 2 aromatic rings. The van der Waals surface area contributed by atoms with Crippen LogP contribution in [0.2, 0.25) is 0 Å². The van der Waals surface area contributed by atoms with Gasteiger partial charge in [0.25, 0.3) is 5.91 Å². The van der Waals surface area contributed by atoms with Crippen molar-refractivity contribution in [3.63, 3.8) is 0 Å². The van der Waals surface area contributed by atoms with Crippen molar-refractivity contribution in [3.8, 4) is 0 Å². The van der Waals surface area contributed by atoms with Crippen LogP contribution in [-0.2, 0) is 16.3 Å². The first-order valence-corrected chi connectivity index (χ1v) is 9.75. The second-order valence-corrected chi connectivity index (χ2v) is 7.81. The van der Waals surface area contributed by atoms with Crippen molar-refractivity contribution < 1.29 is 13.2 Å². The highest BCUT2D eigenvalue weighted by atomic mass is 32.2. The minimum absolute atomic E-state index is 0.0478. The third-order valence-corrected chi connectivity index (χ3v) is 5.92. The Morgan fingerprint density at radius 3 is 2.68 bits per heavy atom. The summed E-state index contributed by atoms with van der Waals surface area (Å²) in [6, 6.07) is 8.39. The predicted octanol–water partition coefficient (Wildman–Crippen LogP) is 2.90. The SMILES string of the molecule is CCCS(=O)(=O)c1ccccc1C(=O)NCCc1ccsc1. The average molecular weight is 337 g/mol. The van der Waals surface area contributed by atoms with Gasteiger partial charge in [-0.05, 0) is 47.4 Å². The minimum atomic E-state index is -3.41. The van der Waals surface area contributed by atoms with Gasteiger partial charge < -0.3 is 5.32 Å². The molecule has 0 saturated carbocycles. The van der Waals surface area contributed by atoms with Crippen molar-refractivity contribution in [2.45, 2.75) is 24.7 Å². The Labute approximate surface area is 135 Å². The van der Waals surface area contributed by atoms with Gasteiger partial charge in [-0.25, -0.2) is 8.42 Å². The van der Waals surface area contributed by atoms with Crippen LogP contribution < -0.4 is 5.32 Å². The van der Waals surface area contributed by atoms with Gasteiger partial charge in [-0.3, -0.25) is 4.79 Å². The first-order chi connectivity index (χ1) is 10.5. The zero-order valence-electron chi connectivity index (χ0n) is 12.4. The van der Waals surface area contributed by atoms with Crippen LogP contribution in [0.4, 0.5) is 0 Å². The topological polar surface area (TPSA) is 63.2 Å². The third-order valence-electron chi connectivity index (χ3n) is 3.22. The Morgan fingerprint density at radius 2 is 2.00 bits per heavy atom. The normalized spacial score (nSPS) is 11.3. The predicted molar refractivity (Wildman–Crippen MR) is 89.1 cm³/mol. The van der Waals surface area contributed by atoms with Crippen LogP contribution in [0.1, 0.15) is 29.3 Å². The van der Waals surface area contributed by atoms with E-state index in [1.54, 1.807) is 36.5 Å². The van der Waals surface area contributed by atoms with E-state index < -0.39 is 9.84 Å². The van der Waals surface area contributed by atoms with Gasteiger partial charge in [0.2, 0.25) is 0 Å². The maximum absolute atomic E-state index is 12.3. The largest absolute Gasteiger partial charge is 0.352 e. The smallest absolute Gasteiger partial charge is 0.252 e. The van der Waals surface area contributed by atoms with E-state index in [4.69, 9.17) is 0 Å². The Balaban J connectivity index is 2.09. The molecule has 22 heavy (non-hydrogen) atoms. The first-order valence-electron chi connectivity index (χ1n) is 7.15. The molecule has 1 amide bonds. The highest BCUT2D eigenvalue weighted by molar-refractivity contribution is 7.91. The number of nitrogens with one attached hydrogen (secondary N) is 1. The summed E-state index contributed by atoms with van der Waals surface area (Å²) in [5, 5.41) is 6.82. The molecule has 4 nitrogen and oxygen atoms in total. The van der Waals surface area contributed by atoms with Crippen LogP contribution in [0.3, 0.4) is 0 Å². The van der Waals surface area contributed by atoms with Gasteiger partial charge >= 0.3 is 0 Å². The van der Waals surface area contributed by atoms with Gasteiger partial charge in [0.05, 0.1) is 16.2 Å². The van der Waals surface area contributed by atoms with Crippen LogP contribution in [0.25, 0.3) is 0 Å². The molecule has 0 spiro atoms. The van der Waals surface area contributed by atoms with E-state index in [0.717, 1.165) is 12.0 Å². The molecule has 6 heteroatoms. The summed E-state index contributed by atoms with van der Waals surface area (Å²) >= 11 is 1.61. The van der Waals surface area contributed by atoms with Gasteiger partial charge in [0, 0.05) is 6.54 Å². The Kier molecular flexibility index (Phi) is 5.74. The van der Waals surface area contributed by atoms with Gasteiger partial charge in [0.15, 0.2) is 9.84 Å². The first kappa shape index (κ1) is 16.7. The summed E-state index contributed by atoms with van der Waals surface area (Å²) in [6.45, 7) is 2.29. The van der Waals surface area contributed by atoms with Crippen molar-refractivity contribution in [3.05, 3.63) is 52.2 Å². The molecule has 0 radical (unpaired) electrons. The summed E-state index contributed by atoms with van der Waals surface area (Å²) in [5.74, 6) is -0.294. The molecule has 0 aliphatic rings. The molecule has 0 unspecified atom stereocenters. The van der Waals surface area contributed by atoms with Gasteiger partial charge in [-0.2, -0.15) is 11.3 Å². The van der Waals surface area contributed by atoms with Gasteiger partial charge in [-0.15, -0.1) is 0 Å². The van der Waals surface area contributed by atoms with E-state index in [1.165, 1.54) is 6.07 Å². The molecule has 0 aliphatic heterocycles. The molecule has 0 atom stereocenters. The van der Waals surface area contributed by atoms with Crippen LogP contribution in [0, 0.1) is 0 Å². The monoisotopic (exact) mass is 337 g/mol. The summed E-state index contributed by atoms with van der Waals surface area (Å²) in [4.78, 5) is 12.4. The number of amides is 1. The number of rotatable bonds is 7. The Morgan fingerprint density at radius 1 is 1.23 bits per heavy atom. The van der Waals surface area contributed by atoms with E-state index >= 15 is 0 Å². The number of hydrogen-bond acceptors (Lipinski definition) is 4. The van der Waals surface area contributed by atoms with Crippen LogP contribution in [0.5, 0.6) is 0 Å². The zero-order chi connectivity index (χ0) is 16.0. The van der Waals surface area contributed by atoms with E-state index in [1.807, 2.05) is 16.8 Å². The molecule has 1 N–H and O–H groups in total. The van der Waals surface area contributed by atoms with Crippen molar-refractivity contribution >= 4 is 27.1 Å². The van der Waals surface area contributed by atoms with E-state index in [9.17, 15) is 13.2 Å². The van der Waals surface area contributed by atoms with E-state index in [-0.39, 0.29) is 22.1 Å². The molecule has 118 valence electrons. The molecule has 0 saturated heterocycles. The summed E-state index contributed by atoms with van der Waals surface area (Å²) in [5.41, 5.74) is 1.39. The molecule has 2 rings (SSSR count). The van der Waals surface area contributed by atoms with Gasteiger partial charge in [-0.1, -0.05) is 19.1 Å². The quantitative estimate of drug-likeness (QED) is 0.845. The maximum Gasteiger partial charge on any atom is 0.252 e. The molecular weight excluding hydrogens is 318 g/mol. The van der Waals surface area contributed by atoms with Gasteiger partial charge in [0.1, 0.15) is 0 Å². The lowest BCUT2D eigenvalue weighted by Gasteiger charge is -2.10. The molecule has 0 bridgehead atoms. The third kappa shape index (κ3) is 4.18. The number of benzene rings is 1. The molecule has 1 heterocycles. The van der Waals surface area contributed by atoms with Crippen LogP contribution >= 0.6 is 11.3 Å². The summed E-state index contributed by atoms with van der Waals surface area (Å²) in [7, 11) is -3.41. The molecule has 0 fully saturated rings. The number of sulfone groups is 1. The number of thiophene rings is 1. The lowest BCUT2D eigenvalue weighted by Crippen LogP contribution is -2.27.